The van der Waals surface area contributed by atoms with Gasteiger partial charge in [-0.2, -0.15) is 0 Å². The molecule has 20 heavy (non-hydrogen) atoms. The van der Waals surface area contributed by atoms with Gasteiger partial charge < -0.3 is 15.1 Å². The highest BCUT2D eigenvalue weighted by Crippen LogP contribution is 2.24. The number of carbonyl (C=O) groups excluding carboxylic acids is 1. The summed E-state index contributed by atoms with van der Waals surface area (Å²) in [5.74, 6) is 0.350. The SMILES string of the molecule is CN(CCN1CCCC(NC2CC2)C1=O)C1CCCC1. The van der Waals surface area contributed by atoms with Crippen LogP contribution in [-0.2, 0) is 4.79 Å². The smallest absolute Gasteiger partial charge is 0.239 e. The Labute approximate surface area is 122 Å². The monoisotopic (exact) mass is 279 g/mol. The van der Waals surface area contributed by atoms with E-state index in [9.17, 15) is 4.79 Å². The molecule has 1 atom stereocenters. The summed E-state index contributed by atoms with van der Waals surface area (Å²) < 4.78 is 0. The van der Waals surface area contributed by atoms with E-state index in [0.29, 0.717) is 11.9 Å². The average Bonchev–Trinajstić information content (AvgIpc) is 3.09. The second-order valence-electron chi connectivity index (χ2n) is 6.88. The van der Waals surface area contributed by atoms with Crippen molar-refractivity contribution in [3.8, 4) is 0 Å². The molecule has 1 N–H and O–H groups in total. The summed E-state index contributed by atoms with van der Waals surface area (Å²) in [7, 11) is 2.23. The summed E-state index contributed by atoms with van der Waals surface area (Å²) in [6.07, 6.45) is 10.2. The van der Waals surface area contributed by atoms with Crippen molar-refractivity contribution in [3.05, 3.63) is 0 Å². The van der Waals surface area contributed by atoms with Gasteiger partial charge in [0, 0.05) is 31.7 Å². The van der Waals surface area contributed by atoms with Crippen LogP contribution in [0.4, 0.5) is 0 Å². The van der Waals surface area contributed by atoms with E-state index in [2.05, 4.69) is 22.2 Å². The maximum absolute atomic E-state index is 12.5. The van der Waals surface area contributed by atoms with Crippen molar-refractivity contribution in [2.45, 2.75) is 69.5 Å². The molecule has 1 aliphatic heterocycles. The van der Waals surface area contributed by atoms with Crippen LogP contribution in [0.25, 0.3) is 0 Å². The molecule has 2 saturated carbocycles. The number of carbonyl (C=O) groups is 1. The summed E-state index contributed by atoms with van der Waals surface area (Å²) >= 11 is 0. The summed E-state index contributed by atoms with van der Waals surface area (Å²) in [6.45, 7) is 2.90. The fraction of sp³-hybridized carbons (Fsp3) is 0.938. The Bertz CT molecular complexity index is 337. The first kappa shape index (κ1) is 14.3. The van der Waals surface area contributed by atoms with Crippen molar-refractivity contribution in [1.82, 2.24) is 15.1 Å². The molecule has 0 bridgehead atoms. The second-order valence-corrected chi connectivity index (χ2v) is 6.88. The second kappa shape index (κ2) is 6.44. The number of likely N-dealkylation sites (N-methyl/N-ethyl adjacent to an activating group) is 1. The van der Waals surface area contributed by atoms with Crippen LogP contribution in [0.3, 0.4) is 0 Å². The zero-order chi connectivity index (χ0) is 13.9. The summed E-state index contributed by atoms with van der Waals surface area (Å²) in [6, 6.07) is 1.49. The average molecular weight is 279 g/mol. The van der Waals surface area contributed by atoms with E-state index in [4.69, 9.17) is 0 Å². The first-order valence-corrected chi connectivity index (χ1v) is 8.49. The minimum atomic E-state index is 0.105. The molecule has 1 saturated heterocycles. The highest BCUT2D eigenvalue weighted by atomic mass is 16.2. The number of nitrogens with one attached hydrogen (secondary N) is 1. The summed E-state index contributed by atoms with van der Waals surface area (Å²) in [5.41, 5.74) is 0. The fourth-order valence-electron chi connectivity index (χ4n) is 3.66. The van der Waals surface area contributed by atoms with E-state index < -0.39 is 0 Å². The lowest BCUT2D eigenvalue weighted by atomic mass is 10.0. The van der Waals surface area contributed by atoms with Gasteiger partial charge in [0.25, 0.3) is 0 Å². The van der Waals surface area contributed by atoms with E-state index in [0.717, 1.165) is 38.5 Å². The zero-order valence-electron chi connectivity index (χ0n) is 12.8. The first-order chi connectivity index (χ1) is 9.74. The van der Waals surface area contributed by atoms with Crippen LogP contribution in [0.2, 0.25) is 0 Å². The van der Waals surface area contributed by atoms with Crippen LogP contribution >= 0.6 is 0 Å². The molecular formula is C16H29N3O. The lowest BCUT2D eigenvalue weighted by Gasteiger charge is -2.35. The van der Waals surface area contributed by atoms with Gasteiger partial charge in [0.05, 0.1) is 6.04 Å². The number of nitrogens with zero attached hydrogens (tertiary/aromatic N) is 2. The summed E-state index contributed by atoms with van der Waals surface area (Å²) in [4.78, 5) is 17.0. The van der Waals surface area contributed by atoms with Gasteiger partial charge in [0.15, 0.2) is 0 Å². The Kier molecular flexibility index (Phi) is 4.61. The topological polar surface area (TPSA) is 35.6 Å². The standard InChI is InChI=1S/C16H29N3O/c1-18(14-5-2-3-6-14)11-12-19-10-4-7-15(16(19)20)17-13-8-9-13/h13-15,17H,2-12H2,1H3. The van der Waals surface area contributed by atoms with Crippen molar-refractivity contribution in [3.63, 3.8) is 0 Å². The predicted molar refractivity (Wildman–Crippen MR) is 80.6 cm³/mol. The normalized spacial score (nSPS) is 28.6. The highest BCUT2D eigenvalue weighted by molar-refractivity contribution is 5.82. The van der Waals surface area contributed by atoms with Crippen molar-refractivity contribution in [2.75, 3.05) is 26.7 Å². The van der Waals surface area contributed by atoms with Gasteiger partial charge in [-0.05, 0) is 45.6 Å². The molecule has 114 valence electrons. The highest BCUT2D eigenvalue weighted by Gasteiger charge is 2.33. The number of piperidine rings is 1. The van der Waals surface area contributed by atoms with Crippen molar-refractivity contribution in [2.24, 2.45) is 0 Å². The Morgan fingerprint density at radius 3 is 2.60 bits per heavy atom. The molecule has 3 aliphatic rings. The molecule has 1 amide bonds. The third kappa shape index (κ3) is 3.53. The maximum Gasteiger partial charge on any atom is 0.239 e. The van der Waals surface area contributed by atoms with Gasteiger partial charge in [-0.25, -0.2) is 0 Å². The van der Waals surface area contributed by atoms with Crippen molar-refractivity contribution < 1.29 is 4.79 Å². The van der Waals surface area contributed by atoms with E-state index in [-0.39, 0.29) is 6.04 Å². The molecule has 0 aromatic rings. The number of hydrogen-bond acceptors (Lipinski definition) is 3. The molecule has 3 rings (SSSR count). The number of hydrogen-bond donors (Lipinski definition) is 1. The number of amides is 1. The van der Waals surface area contributed by atoms with Gasteiger partial charge in [0.2, 0.25) is 5.91 Å². The lowest BCUT2D eigenvalue weighted by Crippen LogP contribution is -2.53. The largest absolute Gasteiger partial charge is 0.340 e. The fourth-order valence-corrected chi connectivity index (χ4v) is 3.66. The Morgan fingerprint density at radius 1 is 1.15 bits per heavy atom. The Balaban J connectivity index is 1.44. The van der Waals surface area contributed by atoms with Crippen LogP contribution in [0, 0.1) is 0 Å². The van der Waals surface area contributed by atoms with Crippen LogP contribution < -0.4 is 5.32 Å². The third-order valence-electron chi connectivity index (χ3n) is 5.22. The summed E-state index contributed by atoms with van der Waals surface area (Å²) in [5, 5.41) is 3.51. The third-order valence-corrected chi connectivity index (χ3v) is 5.22. The van der Waals surface area contributed by atoms with Crippen LogP contribution in [-0.4, -0.2) is 60.5 Å². The molecule has 2 aliphatic carbocycles. The molecular weight excluding hydrogens is 250 g/mol. The van der Waals surface area contributed by atoms with Gasteiger partial charge in [-0.3, -0.25) is 4.79 Å². The van der Waals surface area contributed by atoms with Gasteiger partial charge in [-0.1, -0.05) is 12.8 Å². The first-order valence-electron chi connectivity index (χ1n) is 8.49. The predicted octanol–water partition coefficient (Wildman–Crippen LogP) is 1.60. The molecule has 0 spiro atoms. The van der Waals surface area contributed by atoms with Gasteiger partial charge in [-0.15, -0.1) is 0 Å². The molecule has 0 radical (unpaired) electrons. The Morgan fingerprint density at radius 2 is 1.90 bits per heavy atom. The molecule has 0 aromatic carbocycles. The molecule has 3 fully saturated rings. The number of rotatable bonds is 6. The molecule has 1 unspecified atom stereocenters. The molecule has 4 heteroatoms. The number of likely N-dealkylation sites (tertiary alicyclic amines) is 1. The lowest BCUT2D eigenvalue weighted by molar-refractivity contribution is -0.136. The minimum Gasteiger partial charge on any atom is -0.340 e. The van der Waals surface area contributed by atoms with E-state index in [1.807, 2.05) is 0 Å². The Hall–Kier alpha value is -0.610. The van der Waals surface area contributed by atoms with Gasteiger partial charge >= 0.3 is 0 Å². The molecule has 4 nitrogen and oxygen atoms in total. The molecule has 1 heterocycles. The minimum absolute atomic E-state index is 0.105. The van der Waals surface area contributed by atoms with Crippen LogP contribution in [0.15, 0.2) is 0 Å². The van der Waals surface area contributed by atoms with Crippen LogP contribution in [0.5, 0.6) is 0 Å². The van der Waals surface area contributed by atoms with E-state index in [1.165, 1.54) is 38.5 Å². The van der Waals surface area contributed by atoms with E-state index in [1.54, 1.807) is 0 Å². The zero-order valence-corrected chi connectivity index (χ0v) is 12.8. The van der Waals surface area contributed by atoms with Crippen molar-refractivity contribution in [1.29, 1.82) is 0 Å². The molecule has 0 aromatic heterocycles. The van der Waals surface area contributed by atoms with Crippen LogP contribution in [0.1, 0.15) is 51.4 Å². The van der Waals surface area contributed by atoms with Crippen molar-refractivity contribution >= 4 is 5.91 Å². The van der Waals surface area contributed by atoms with Gasteiger partial charge in [0.1, 0.15) is 0 Å². The quantitative estimate of drug-likeness (QED) is 0.802. The maximum atomic E-state index is 12.5. The van der Waals surface area contributed by atoms with E-state index >= 15 is 0 Å².